The minimum Gasteiger partial charge on any atom is -0.409 e. The highest BCUT2D eigenvalue weighted by atomic mass is 16.4. The van der Waals surface area contributed by atoms with Crippen LogP contribution in [-0.2, 0) is 0 Å². The number of hydrogen-bond acceptors (Lipinski definition) is 5. The predicted molar refractivity (Wildman–Crippen MR) is 73.7 cm³/mol. The first kappa shape index (κ1) is 13.6. The van der Waals surface area contributed by atoms with Crippen LogP contribution in [0.1, 0.15) is 29.8 Å². The van der Waals surface area contributed by atoms with E-state index in [0.29, 0.717) is 18.2 Å². The molecule has 1 aromatic rings. The lowest BCUT2D eigenvalue weighted by molar-refractivity contribution is 0.301. The smallest absolute Gasteiger partial charge is 0.174 e. The van der Waals surface area contributed by atoms with Crippen LogP contribution in [0.4, 0.5) is 5.69 Å². The Balaban J connectivity index is 2.52. The van der Waals surface area contributed by atoms with E-state index in [1.54, 1.807) is 0 Å². The Morgan fingerprint density at radius 3 is 2.74 bits per heavy atom. The van der Waals surface area contributed by atoms with Gasteiger partial charge in [-0.1, -0.05) is 5.16 Å². The van der Waals surface area contributed by atoms with Gasteiger partial charge >= 0.3 is 0 Å². The molecular formula is C13H20N4O2. The van der Waals surface area contributed by atoms with Crippen molar-refractivity contribution in [2.24, 2.45) is 10.9 Å². The topological polar surface area (TPSA) is 95.0 Å². The summed E-state index contributed by atoms with van der Waals surface area (Å²) in [7, 11) is 0. The van der Waals surface area contributed by atoms with Crippen LogP contribution in [0, 0.1) is 13.8 Å². The van der Waals surface area contributed by atoms with Crippen molar-refractivity contribution in [3.8, 4) is 0 Å². The Kier molecular flexibility index (Phi) is 3.90. The van der Waals surface area contributed by atoms with E-state index in [0.717, 1.165) is 29.9 Å². The molecule has 1 heterocycles. The number of rotatable bonds is 5. The molecule has 1 aromatic heterocycles. The summed E-state index contributed by atoms with van der Waals surface area (Å²) in [5, 5.41) is 21.3. The summed E-state index contributed by atoms with van der Waals surface area (Å²) in [6.45, 7) is 4.37. The average Bonchev–Trinajstić information content (AvgIpc) is 3.18. The SMILES string of the molecule is Cc1cc(N(CCO)C2CC2)c(/C(N)=N/O)c(C)n1. The Hall–Kier alpha value is -1.82. The molecule has 6 heteroatoms. The van der Waals surface area contributed by atoms with E-state index in [-0.39, 0.29) is 12.4 Å². The van der Waals surface area contributed by atoms with Crippen LogP contribution in [0.5, 0.6) is 0 Å². The highest BCUT2D eigenvalue weighted by Gasteiger charge is 2.31. The number of aliphatic hydroxyl groups is 1. The molecule has 0 atom stereocenters. The van der Waals surface area contributed by atoms with Crippen LogP contribution in [-0.4, -0.2) is 40.3 Å². The van der Waals surface area contributed by atoms with E-state index in [1.807, 2.05) is 19.9 Å². The molecule has 0 spiro atoms. The van der Waals surface area contributed by atoms with Gasteiger partial charge in [0.1, 0.15) is 0 Å². The first-order valence-corrected chi connectivity index (χ1v) is 6.42. The van der Waals surface area contributed by atoms with E-state index < -0.39 is 0 Å². The molecule has 0 radical (unpaired) electrons. The fourth-order valence-electron chi connectivity index (χ4n) is 2.39. The third-order valence-electron chi connectivity index (χ3n) is 3.31. The number of amidine groups is 1. The normalized spacial score (nSPS) is 15.6. The maximum Gasteiger partial charge on any atom is 0.174 e. The van der Waals surface area contributed by atoms with Gasteiger partial charge in [-0.15, -0.1) is 0 Å². The molecule has 0 amide bonds. The average molecular weight is 264 g/mol. The van der Waals surface area contributed by atoms with Gasteiger partial charge in [-0.2, -0.15) is 0 Å². The quantitative estimate of drug-likeness (QED) is 0.316. The first-order valence-electron chi connectivity index (χ1n) is 6.42. The summed E-state index contributed by atoms with van der Waals surface area (Å²) < 4.78 is 0. The summed E-state index contributed by atoms with van der Waals surface area (Å²) >= 11 is 0. The van der Waals surface area contributed by atoms with E-state index >= 15 is 0 Å². The van der Waals surface area contributed by atoms with Gasteiger partial charge in [0.25, 0.3) is 0 Å². The zero-order valence-corrected chi connectivity index (χ0v) is 11.3. The Bertz CT molecular complexity index is 498. The van der Waals surface area contributed by atoms with Gasteiger partial charge in [-0.05, 0) is 32.8 Å². The maximum absolute atomic E-state index is 9.23. The third kappa shape index (κ3) is 2.78. The minimum absolute atomic E-state index is 0.0589. The Morgan fingerprint density at radius 2 is 2.21 bits per heavy atom. The van der Waals surface area contributed by atoms with Gasteiger partial charge in [-0.3, -0.25) is 4.98 Å². The van der Waals surface area contributed by atoms with Crippen molar-refractivity contribution in [1.82, 2.24) is 4.98 Å². The zero-order chi connectivity index (χ0) is 14.0. The van der Waals surface area contributed by atoms with Crippen molar-refractivity contribution in [2.45, 2.75) is 32.7 Å². The van der Waals surface area contributed by atoms with Gasteiger partial charge in [0, 0.05) is 18.3 Å². The summed E-state index contributed by atoms with van der Waals surface area (Å²) in [4.78, 5) is 6.48. The van der Waals surface area contributed by atoms with E-state index in [4.69, 9.17) is 10.9 Å². The molecule has 0 aromatic carbocycles. The van der Waals surface area contributed by atoms with Gasteiger partial charge in [0.15, 0.2) is 5.84 Å². The van der Waals surface area contributed by atoms with Crippen LogP contribution in [0.25, 0.3) is 0 Å². The van der Waals surface area contributed by atoms with Gasteiger partial charge in [0.2, 0.25) is 0 Å². The lowest BCUT2D eigenvalue weighted by Gasteiger charge is -2.27. The standard InChI is InChI=1S/C13H20N4O2/c1-8-7-11(17(5-6-18)10-3-4-10)12(9(2)15-8)13(14)16-19/h7,10,18-19H,3-6H2,1-2H3,(H2,14,16). The summed E-state index contributed by atoms with van der Waals surface area (Å²) in [5.41, 5.74) is 8.91. The number of oxime groups is 1. The van der Waals surface area contributed by atoms with E-state index in [1.165, 1.54) is 0 Å². The molecule has 104 valence electrons. The maximum atomic E-state index is 9.23. The molecule has 6 nitrogen and oxygen atoms in total. The number of pyridine rings is 1. The van der Waals surface area contributed by atoms with E-state index in [9.17, 15) is 5.11 Å². The number of aromatic nitrogens is 1. The Labute approximate surface area is 112 Å². The van der Waals surface area contributed by atoms with Crippen molar-refractivity contribution >= 4 is 11.5 Å². The van der Waals surface area contributed by atoms with Crippen LogP contribution >= 0.6 is 0 Å². The highest BCUT2D eigenvalue weighted by Crippen LogP contribution is 2.34. The van der Waals surface area contributed by atoms with Crippen molar-refractivity contribution in [2.75, 3.05) is 18.1 Å². The monoisotopic (exact) mass is 264 g/mol. The summed E-state index contributed by atoms with van der Waals surface area (Å²) in [5.74, 6) is 0.0589. The lowest BCUT2D eigenvalue weighted by atomic mass is 10.1. The molecule has 1 fully saturated rings. The molecule has 0 bridgehead atoms. The zero-order valence-electron chi connectivity index (χ0n) is 11.3. The second-order valence-corrected chi connectivity index (χ2v) is 4.88. The first-order chi connectivity index (χ1) is 9.08. The number of hydrogen-bond donors (Lipinski definition) is 3. The predicted octanol–water partition coefficient (Wildman–Crippen LogP) is 0.754. The van der Waals surface area contributed by atoms with Crippen LogP contribution in [0.15, 0.2) is 11.2 Å². The fourth-order valence-corrected chi connectivity index (χ4v) is 2.39. The number of aryl methyl sites for hydroxylation is 2. The molecule has 19 heavy (non-hydrogen) atoms. The molecule has 1 aliphatic carbocycles. The lowest BCUT2D eigenvalue weighted by Crippen LogP contribution is -2.32. The van der Waals surface area contributed by atoms with Crippen molar-refractivity contribution in [1.29, 1.82) is 0 Å². The molecule has 1 saturated carbocycles. The second kappa shape index (κ2) is 5.44. The largest absolute Gasteiger partial charge is 0.409 e. The second-order valence-electron chi connectivity index (χ2n) is 4.88. The van der Waals surface area contributed by atoms with Crippen molar-refractivity contribution in [3.63, 3.8) is 0 Å². The van der Waals surface area contributed by atoms with Gasteiger partial charge in [-0.25, -0.2) is 0 Å². The number of nitrogens with zero attached hydrogens (tertiary/aromatic N) is 3. The van der Waals surface area contributed by atoms with Crippen LogP contribution in [0.2, 0.25) is 0 Å². The number of nitrogens with two attached hydrogens (primary N) is 1. The highest BCUT2D eigenvalue weighted by molar-refractivity contribution is 6.03. The summed E-state index contributed by atoms with van der Waals surface area (Å²) in [6.07, 6.45) is 2.21. The third-order valence-corrected chi connectivity index (χ3v) is 3.31. The molecule has 0 aliphatic heterocycles. The number of aliphatic hydroxyl groups excluding tert-OH is 1. The molecule has 0 unspecified atom stereocenters. The minimum atomic E-state index is 0.0589. The van der Waals surface area contributed by atoms with Gasteiger partial charge < -0.3 is 20.9 Å². The van der Waals surface area contributed by atoms with Gasteiger partial charge in [0.05, 0.1) is 23.6 Å². The molecule has 2 rings (SSSR count). The fraction of sp³-hybridized carbons (Fsp3) is 0.538. The number of anilines is 1. The van der Waals surface area contributed by atoms with Crippen molar-refractivity contribution in [3.05, 3.63) is 23.0 Å². The molecule has 4 N–H and O–H groups in total. The van der Waals surface area contributed by atoms with Crippen LogP contribution < -0.4 is 10.6 Å². The Morgan fingerprint density at radius 1 is 1.53 bits per heavy atom. The van der Waals surface area contributed by atoms with Crippen molar-refractivity contribution < 1.29 is 10.3 Å². The molecular weight excluding hydrogens is 244 g/mol. The molecule has 0 saturated heterocycles. The summed E-state index contributed by atoms with van der Waals surface area (Å²) in [6, 6.07) is 2.35. The molecule has 1 aliphatic rings. The van der Waals surface area contributed by atoms with Crippen LogP contribution in [0.3, 0.4) is 0 Å². The van der Waals surface area contributed by atoms with E-state index in [2.05, 4.69) is 15.0 Å².